The lowest BCUT2D eigenvalue weighted by Gasteiger charge is -2.45. The predicted octanol–water partition coefficient (Wildman–Crippen LogP) is 3.60. The first kappa shape index (κ1) is 13.7. The molecule has 1 saturated heterocycles. The van der Waals surface area contributed by atoms with E-state index in [1.165, 1.54) is 5.69 Å². The zero-order valence-corrected chi connectivity index (χ0v) is 12.0. The first-order valence-corrected chi connectivity index (χ1v) is 6.97. The van der Waals surface area contributed by atoms with Crippen LogP contribution in [0.5, 0.6) is 5.75 Å². The van der Waals surface area contributed by atoms with Crippen molar-refractivity contribution < 1.29 is 4.74 Å². The van der Waals surface area contributed by atoms with Crippen molar-refractivity contribution in [3.8, 4) is 11.8 Å². The van der Waals surface area contributed by atoms with Gasteiger partial charge in [0.25, 0.3) is 0 Å². The number of ether oxygens (including phenoxy) is 1. The molecule has 0 amide bonds. The number of rotatable bonds is 3. The Morgan fingerprint density at radius 1 is 1.37 bits per heavy atom. The molecule has 1 heterocycles. The standard InChI is InChI=1S/C16H22N2O/c1-4-19-15-7-5-14(6-8-15)18-10-9-13(12-17)11-16(18,2)3/h5-8,13H,4,9-11H2,1-3H3. The largest absolute Gasteiger partial charge is 0.494 e. The Hall–Kier alpha value is -1.69. The van der Waals surface area contributed by atoms with Crippen LogP contribution in [0.4, 0.5) is 5.69 Å². The summed E-state index contributed by atoms with van der Waals surface area (Å²) in [6.07, 6.45) is 1.88. The lowest BCUT2D eigenvalue weighted by atomic mass is 9.83. The average molecular weight is 258 g/mol. The molecule has 1 atom stereocenters. The van der Waals surface area contributed by atoms with E-state index < -0.39 is 0 Å². The third kappa shape index (κ3) is 3.01. The molecule has 1 aromatic rings. The van der Waals surface area contributed by atoms with E-state index in [0.29, 0.717) is 6.61 Å². The maximum absolute atomic E-state index is 9.09. The Kier molecular flexibility index (Phi) is 3.99. The zero-order valence-electron chi connectivity index (χ0n) is 12.0. The highest BCUT2D eigenvalue weighted by molar-refractivity contribution is 5.51. The maximum atomic E-state index is 9.09. The van der Waals surface area contributed by atoms with Crippen molar-refractivity contribution in [2.75, 3.05) is 18.1 Å². The highest BCUT2D eigenvalue weighted by Gasteiger charge is 2.34. The minimum atomic E-state index is 0.0335. The van der Waals surface area contributed by atoms with Gasteiger partial charge in [-0.25, -0.2) is 0 Å². The molecule has 102 valence electrons. The number of nitrogens with zero attached hydrogens (tertiary/aromatic N) is 2. The first-order chi connectivity index (χ1) is 9.06. The minimum absolute atomic E-state index is 0.0335. The highest BCUT2D eigenvalue weighted by atomic mass is 16.5. The van der Waals surface area contributed by atoms with Gasteiger partial charge in [-0.3, -0.25) is 0 Å². The van der Waals surface area contributed by atoms with E-state index in [4.69, 9.17) is 10.00 Å². The Labute approximate surface area is 115 Å². The first-order valence-electron chi connectivity index (χ1n) is 6.97. The summed E-state index contributed by atoms with van der Waals surface area (Å²) in [4.78, 5) is 2.40. The average Bonchev–Trinajstić information content (AvgIpc) is 2.39. The van der Waals surface area contributed by atoms with E-state index in [1.807, 2.05) is 19.1 Å². The SMILES string of the molecule is CCOc1ccc(N2CCC(C#N)CC2(C)C)cc1. The van der Waals surface area contributed by atoms with Gasteiger partial charge in [0.2, 0.25) is 0 Å². The molecule has 3 nitrogen and oxygen atoms in total. The van der Waals surface area contributed by atoms with Gasteiger partial charge in [-0.2, -0.15) is 5.26 Å². The normalized spacial score (nSPS) is 21.8. The topological polar surface area (TPSA) is 36.3 Å². The van der Waals surface area contributed by atoms with Crippen LogP contribution in [0.1, 0.15) is 33.6 Å². The molecule has 1 fully saturated rings. The van der Waals surface area contributed by atoms with Gasteiger partial charge in [0, 0.05) is 17.8 Å². The monoisotopic (exact) mass is 258 g/mol. The van der Waals surface area contributed by atoms with E-state index in [1.54, 1.807) is 0 Å². The fourth-order valence-corrected chi connectivity index (χ4v) is 2.88. The van der Waals surface area contributed by atoms with Crippen molar-refractivity contribution in [1.82, 2.24) is 0 Å². The molecule has 2 rings (SSSR count). The fourth-order valence-electron chi connectivity index (χ4n) is 2.88. The van der Waals surface area contributed by atoms with E-state index in [0.717, 1.165) is 25.1 Å². The Balaban J connectivity index is 2.15. The van der Waals surface area contributed by atoms with Crippen LogP contribution in [0.3, 0.4) is 0 Å². The van der Waals surface area contributed by atoms with Crippen LogP contribution in [0, 0.1) is 17.2 Å². The van der Waals surface area contributed by atoms with Gasteiger partial charge in [0.1, 0.15) is 5.75 Å². The molecule has 0 saturated carbocycles. The molecule has 1 aliphatic heterocycles. The van der Waals surface area contributed by atoms with Crippen molar-refractivity contribution in [3.63, 3.8) is 0 Å². The second kappa shape index (κ2) is 5.52. The Morgan fingerprint density at radius 2 is 2.05 bits per heavy atom. The van der Waals surface area contributed by atoms with Gasteiger partial charge >= 0.3 is 0 Å². The van der Waals surface area contributed by atoms with Crippen LogP contribution < -0.4 is 9.64 Å². The van der Waals surface area contributed by atoms with Gasteiger partial charge in [-0.1, -0.05) is 0 Å². The third-order valence-electron chi connectivity index (χ3n) is 3.82. The molecule has 19 heavy (non-hydrogen) atoms. The molecule has 0 aromatic heterocycles. The van der Waals surface area contributed by atoms with E-state index in [9.17, 15) is 0 Å². The number of nitriles is 1. The van der Waals surface area contributed by atoms with Crippen LogP contribution in [-0.4, -0.2) is 18.7 Å². The van der Waals surface area contributed by atoms with Crippen LogP contribution in [0.2, 0.25) is 0 Å². The Bertz CT molecular complexity index is 459. The lowest BCUT2D eigenvalue weighted by molar-refractivity contribution is 0.315. The summed E-state index contributed by atoms with van der Waals surface area (Å²) in [7, 11) is 0. The summed E-state index contributed by atoms with van der Waals surface area (Å²) in [5.74, 6) is 1.10. The third-order valence-corrected chi connectivity index (χ3v) is 3.82. The van der Waals surface area contributed by atoms with Crippen LogP contribution in [-0.2, 0) is 0 Å². The van der Waals surface area contributed by atoms with Gasteiger partial charge in [-0.05, 0) is 57.9 Å². The second-order valence-electron chi connectivity index (χ2n) is 5.71. The highest BCUT2D eigenvalue weighted by Crippen LogP contribution is 2.35. The molecule has 3 heteroatoms. The molecule has 0 radical (unpaired) electrons. The summed E-state index contributed by atoms with van der Waals surface area (Å²) < 4.78 is 5.47. The van der Waals surface area contributed by atoms with E-state index in [2.05, 4.69) is 36.9 Å². The second-order valence-corrected chi connectivity index (χ2v) is 5.71. The predicted molar refractivity (Wildman–Crippen MR) is 77.4 cm³/mol. The van der Waals surface area contributed by atoms with Crippen LogP contribution in [0.15, 0.2) is 24.3 Å². The number of hydrogen-bond donors (Lipinski definition) is 0. The molecule has 0 aliphatic carbocycles. The lowest BCUT2D eigenvalue weighted by Crippen LogP contribution is -2.50. The molecule has 0 bridgehead atoms. The number of piperidine rings is 1. The molecule has 1 aromatic carbocycles. The van der Waals surface area contributed by atoms with Gasteiger partial charge in [-0.15, -0.1) is 0 Å². The molecule has 0 spiro atoms. The van der Waals surface area contributed by atoms with Crippen molar-refractivity contribution in [2.24, 2.45) is 5.92 Å². The van der Waals surface area contributed by atoms with Crippen molar-refractivity contribution in [2.45, 2.75) is 39.2 Å². The summed E-state index contributed by atoms with van der Waals surface area (Å²) in [5.41, 5.74) is 1.25. The van der Waals surface area contributed by atoms with Gasteiger partial charge < -0.3 is 9.64 Å². The van der Waals surface area contributed by atoms with Crippen molar-refractivity contribution in [3.05, 3.63) is 24.3 Å². The molecular weight excluding hydrogens is 236 g/mol. The van der Waals surface area contributed by atoms with Crippen LogP contribution in [0.25, 0.3) is 0 Å². The number of hydrogen-bond acceptors (Lipinski definition) is 3. The molecule has 1 unspecified atom stereocenters. The Morgan fingerprint density at radius 3 is 2.58 bits per heavy atom. The molecule has 0 N–H and O–H groups in total. The minimum Gasteiger partial charge on any atom is -0.494 e. The summed E-state index contributed by atoms with van der Waals surface area (Å²) in [6.45, 7) is 8.06. The number of anilines is 1. The fraction of sp³-hybridized carbons (Fsp3) is 0.562. The van der Waals surface area contributed by atoms with Gasteiger partial charge in [0.15, 0.2) is 0 Å². The quantitative estimate of drug-likeness (QED) is 0.831. The molecular formula is C16H22N2O. The van der Waals surface area contributed by atoms with E-state index >= 15 is 0 Å². The van der Waals surface area contributed by atoms with Crippen LogP contribution >= 0.6 is 0 Å². The summed E-state index contributed by atoms with van der Waals surface area (Å²) >= 11 is 0. The van der Waals surface area contributed by atoms with E-state index in [-0.39, 0.29) is 11.5 Å². The summed E-state index contributed by atoms with van der Waals surface area (Å²) in [6, 6.07) is 10.7. The molecule has 1 aliphatic rings. The van der Waals surface area contributed by atoms with Crippen molar-refractivity contribution >= 4 is 5.69 Å². The smallest absolute Gasteiger partial charge is 0.119 e. The zero-order chi connectivity index (χ0) is 13.9. The number of benzene rings is 1. The van der Waals surface area contributed by atoms with Crippen molar-refractivity contribution in [1.29, 1.82) is 5.26 Å². The van der Waals surface area contributed by atoms with Gasteiger partial charge in [0.05, 0.1) is 18.6 Å². The maximum Gasteiger partial charge on any atom is 0.119 e. The summed E-state index contributed by atoms with van der Waals surface area (Å²) in [5, 5.41) is 9.09.